The minimum absolute atomic E-state index is 0.447. The Labute approximate surface area is 164 Å². The average molecular weight is 399 g/mol. The van der Waals surface area contributed by atoms with E-state index in [1.165, 1.54) is 27.5 Å². The molecule has 0 aliphatic heterocycles. The summed E-state index contributed by atoms with van der Waals surface area (Å²) in [6, 6.07) is 11.9. The van der Waals surface area contributed by atoms with E-state index in [1.54, 1.807) is 0 Å². The van der Waals surface area contributed by atoms with Gasteiger partial charge in [-0.05, 0) is 42.7 Å². The monoisotopic (exact) mass is 399 g/mol. The van der Waals surface area contributed by atoms with Crippen molar-refractivity contribution in [3.05, 3.63) is 89.5 Å². The van der Waals surface area contributed by atoms with Gasteiger partial charge in [-0.2, -0.15) is 0 Å². The smallest absolute Gasteiger partial charge is 0.324 e. The van der Waals surface area contributed by atoms with Crippen molar-refractivity contribution in [2.45, 2.75) is 20.8 Å². The zero-order valence-electron chi connectivity index (χ0n) is 15.8. The third kappa shape index (κ3) is 4.61. The van der Waals surface area contributed by atoms with Crippen molar-refractivity contribution in [2.24, 2.45) is 0 Å². The summed E-state index contributed by atoms with van der Waals surface area (Å²) in [4.78, 5) is 27.8. The van der Waals surface area contributed by atoms with E-state index in [1.807, 2.05) is 0 Å². The fourth-order valence-corrected chi connectivity index (χ4v) is 2.67. The first-order chi connectivity index (χ1) is 13.5. The van der Waals surface area contributed by atoms with Gasteiger partial charge in [0.15, 0.2) is 0 Å². The maximum absolute atomic E-state index is 10.4. The summed E-state index contributed by atoms with van der Waals surface area (Å²) >= 11 is 0. The van der Waals surface area contributed by atoms with E-state index in [-0.39, 0.29) is 0 Å². The summed E-state index contributed by atoms with van der Waals surface area (Å²) in [7, 11) is 0. The first-order valence-electron chi connectivity index (χ1n) is 8.29. The van der Waals surface area contributed by atoms with E-state index >= 15 is 0 Å². The molecule has 0 amide bonds. The lowest BCUT2D eigenvalue weighted by atomic mass is 9.99. The molecule has 3 rings (SSSR count). The highest BCUT2D eigenvalue weighted by molar-refractivity contribution is 5.87. The predicted molar refractivity (Wildman–Crippen MR) is 106 cm³/mol. The van der Waals surface area contributed by atoms with Crippen molar-refractivity contribution in [2.75, 3.05) is 0 Å². The normalized spacial score (nSPS) is 10.2. The molecule has 1 N–H and O–H groups in total. The molecule has 0 saturated carbocycles. The second kappa shape index (κ2) is 8.30. The van der Waals surface area contributed by atoms with Crippen molar-refractivity contribution >= 4 is 27.8 Å². The fourth-order valence-electron chi connectivity index (χ4n) is 2.67. The second-order valence-corrected chi connectivity index (χ2v) is 6.34. The van der Waals surface area contributed by atoms with Crippen molar-refractivity contribution in [3.63, 3.8) is 0 Å². The van der Waals surface area contributed by atoms with Crippen LogP contribution in [-0.2, 0) is 0 Å². The van der Waals surface area contributed by atoms with Gasteiger partial charge in [0.2, 0.25) is 0 Å². The van der Waals surface area contributed by atoms with E-state index in [0.717, 1.165) is 0 Å². The highest BCUT2D eigenvalue weighted by atomic mass is 16.6. The summed E-state index contributed by atoms with van der Waals surface area (Å²) in [5, 5.41) is 42.9. The highest BCUT2D eigenvalue weighted by Crippen LogP contribution is 2.38. The van der Waals surface area contributed by atoms with Gasteiger partial charge in [-0.15, -0.1) is 0 Å². The third-order valence-corrected chi connectivity index (χ3v) is 4.38. The van der Waals surface area contributed by atoms with Crippen molar-refractivity contribution in [3.8, 4) is 5.75 Å². The lowest BCUT2D eigenvalue weighted by molar-refractivity contribution is -0.404. The standard InChI is InChI=1S/C13H14.C6H3N3O7/c1-9-4-6-12-7-5-10(2)11(3)13(12)8-9;10-6-4(8(13)14)1-3(7(11)12)2-5(6)9(15)16/h4-8H,1-3H3;1-2,10H. The van der Waals surface area contributed by atoms with E-state index in [2.05, 4.69) is 51.1 Å². The summed E-state index contributed by atoms with van der Waals surface area (Å²) < 4.78 is 0. The number of nitro benzene ring substituents is 3. The number of phenols is 1. The van der Waals surface area contributed by atoms with Crippen LogP contribution in [0.1, 0.15) is 16.7 Å². The number of nitrogens with zero attached hydrogens (tertiary/aromatic N) is 3. The van der Waals surface area contributed by atoms with Crippen LogP contribution >= 0.6 is 0 Å². The van der Waals surface area contributed by atoms with Crippen LogP contribution in [0.2, 0.25) is 0 Å². The van der Waals surface area contributed by atoms with E-state index in [0.29, 0.717) is 12.1 Å². The minimum Gasteiger partial charge on any atom is -0.497 e. The van der Waals surface area contributed by atoms with E-state index in [9.17, 15) is 30.3 Å². The zero-order chi connectivity index (χ0) is 21.9. The molecule has 150 valence electrons. The molecule has 0 aliphatic rings. The Morgan fingerprint density at radius 2 is 1.28 bits per heavy atom. The number of phenolic OH excluding ortho intramolecular Hbond substituents is 1. The van der Waals surface area contributed by atoms with Gasteiger partial charge in [0.1, 0.15) is 0 Å². The summed E-state index contributed by atoms with van der Waals surface area (Å²) in [6.07, 6.45) is 0. The molecule has 0 aromatic heterocycles. The molecule has 0 bridgehead atoms. The lowest BCUT2D eigenvalue weighted by Crippen LogP contribution is -1.97. The first kappa shape index (κ1) is 21.2. The number of rotatable bonds is 3. The third-order valence-electron chi connectivity index (χ3n) is 4.38. The van der Waals surface area contributed by atoms with Crippen LogP contribution in [0.4, 0.5) is 17.1 Å². The first-order valence-corrected chi connectivity index (χ1v) is 8.29. The maximum atomic E-state index is 10.4. The Kier molecular flexibility index (Phi) is 6.07. The van der Waals surface area contributed by atoms with Crippen LogP contribution in [0.5, 0.6) is 5.75 Å². The predicted octanol–water partition coefficient (Wildman–Crippen LogP) is 4.88. The molecule has 29 heavy (non-hydrogen) atoms. The molecule has 0 radical (unpaired) electrons. The van der Waals surface area contributed by atoms with E-state index < -0.39 is 37.6 Å². The minimum atomic E-state index is -1.21. The molecule has 10 heteroatoms. The molecule has 10 nitrogen and oxygen atoms in total. The van der Waals surface area contributed by atoms with Gasteiger partial charge in [0.25, 0.3) is 11.4 Å². The number of hydrogen-bond donors (Lipinski definition) is 1. The van der Waals surface area contributed by atoms with E-state index in [4.69, 9.17) is 5.11 Å². The van der Waals surface area contributed by atoms with Crippen molar-refractivity contribution < 1.29 is 19.9 Å². The summed E-state index contributed by atoms with van der Waals surface area (Å²) in [5.74, 6) is -1.21. The van der Waals surface area contributed by atoms with Crippen LogP contribution in [0.3, 0.4) is 0 Å². The Morgan fingerprint density at radius 1 is 0.759 bits per heavy atom. The van der Waals surface area contributed by atoms with Crippen LogP contribution < -0.4 is 0 Å². The molecular weight excluding hydrogens is 382 g/mol. The van der Waals surface area contributed by atoms with Gasteiger partial charge in [-0.3, -0.25) is 30.3 Å². The fraction of sp³-hybridized carbons (Fsp3) is 0.158. The Morgan fingerprint density at radius 3 is 1.76 bits per heavy atom. The second-order valence-electron chi connectivity index (χ2n) is 6.34. The number of hydrogen-bond acceptors (Lipinski definition) is 7. The zero-order valence-corrected chi connectivity index (χ0v) is 15.8. The topological polar surface area (TPSA) is 150 Å². The molecule has 0 spiro atoms. The highest BCUT2D eigenvalue weighted by Gasteiger charge is 2.30. The largest absolute Gasteiger partial charge is 0.497 e. The average Bonchev–Trinajstić information content (AvgIpc) is 2.65. The van der Waals surface area contributed by atoms with Crippen LogP contribution in [0.15, 0.2) is 42.5 Å². The molecule has 3 aromatic carbocycles. The Bertz CT molecular complexity index is 1100. The lowest BCUT2D eigenvalue weighted by Gasteiger charge is -2.06. The number of nitro groups is 3. The number of non-ortho nitro benzene ring substituents is 1. The molecule has 0 atom stereocenters. The number of aryl methyl sites for hydroxylation is 3. The molecular formula is C19H17N3O7. The molecule has 0 heterocycles. The maximum Gasteiger partial charge on any atom is 0.324 e. The summed E-state index contributed by atoms with van der Waals surface area (Å²) in [6.45, 7) is 6.50. The SMILES string of the molecule is Cc1ccc2ccc(C)c(C)c2c1.O=[N+]([O-])c1cc([N+](=O)[O-])c(O)c([N+](=O)[O-])c1. The van der Waals surface area contributed by atoms with Gasteiger partial charge < -0.3 is 5.11 Å². The molecule has 0 fully saturated rings. The van der Waals surface area contributed by atoms with Gasteiger partial charge in [-0.1, -0.05) is 35.9 Å². The molecule has 3 aromatic rings. The van der Waals surface area contributed by atoms with Gasteiger partial charge >= 0.3 is 11.4 Å². The number of aromatic hydroxyl groups is 1. The molecule has 0 unspecified atom stereocenters. The molecule has 0 aliphatic carbocycles. The van der Waals surface area contributed by atoms with Crippen LogP contribution in [0.25, 0.3) is 10.8 Å². The van der Waals surface area contributed by atoms with Crippen LogP contribution in [-0.4, -0.2) is 19.9 Å². The number of fused-ring (bicyclic) bond motifs is 1. The van der Waals surface area contributed by atoms with Gasteiger partial charge in [0.05, 0.1) is 26.9 Å². The van der Waals surface area contributed by atoms with Crippen molar-refractivity contribution in [1.29, 1.82) is 0 Å². The molecule has 0 saturated heterocycles. The van der Waals surface area contributed by atoms with Gasteiger partial charge in [-0.25, -0.2) is 0 Å². The van der Waals surface area contributed by atoms with Crippen LogP contribution in [0, 0.1) is 51.1 Å². The van der Waals surface area contributed by atoms with Crippen molar-refractivity contribution in [1.82, 2.24) is 0 Å². The quantitative estimate of drug-likeness (QED) is 0.487. The Balaban J connectivity index is 0.000000211. The number of benzene rings is 3. The van der Waals surface area contributed by atoms with Gasteiger partial charge in [0, 0.05) is 0 Å². The Hall–Kier alpha value is -4.08. The summed E-state index contributed by atoms with van der Waals surface area (Å²) in [5.41, 5.74) is 1.11.